The van der Waals surface area contributed by atoms with Gasteiger partial charge in [-0.2, -0.15) is 0 Å². The van der Waals surface area contributed by atoms with E-state index in [1.54, 1.807) is 0 Å². The molecule has 0 spiro atoms. The topological polar surface area (TPSA) is 26.3 Å². The van der Waals surface area contributed by atoms with Crippen molar-refractivity contribution in [3.05, 3.63) is 41.0 Å². The fraction of sp³-hybridized carbons (Fsp3) is 0.471. The molecule has 0 aromatic heterocycles. The van der Waals surface area contributed by atoms with Gasteiger partial charge in [0.1, 0.15) is 6.61 Å². The second kappa shape index (κ2) is 8.52. The first-order valence-electron chi connectivity index (χ1n) is 7.08. The summed E-state index contributed by atoms with van der Waals surface area (Å²) in [5, 5.41) is 0. The molecule has 0 bridgehead atoms. The quantitative estimate of drug-likeness (QED) is 0.680. The van der Waals surface area contributed by atoms with Crippen molar-refractivity contribution < 1.29 is 9.53 Å². The molecular formula is C17H24O2. The van der Waals surface area contributed by atoms with Gasteiger partial charge in [-0.05, 0) is 29.5 Å². The second-order valence-electron chi connectivity index (χ2n) is 4.78. The van der Waals surface area contributed by atoms with Gasteiger partial charge in [0.05, 0.1) is 0 Å². The van der Waals surface area contributed by atoms with E-state index in [-0.39, 0.29) is 5.97 Å². The van der Waals surface area contributed by atoms with Gasteiger partial charge in [-0.25, -0.2) is 0 Å². The Bertz CT molecular complexity index is 433. The van der Waals surface area contributed by atoms with E-state index < -0.39 is 0 Å². The Morgan fingerprint density at radius 3 is 2.58 bits per heavy atom. The Balaban J connectivity index is 2.90. The predicted molar refractivity (Wildman–Crippen MR) is 80.0 cm³/mol. The van der Waals surface area contributed by atoms with Crippen molar-refractivity contribution in [2.24, 2.45) is 0 Å². The predicted octanol–water partition coefficient (Wildman–Crippen LogP) is 4.39. The molecule has 2 nitrogen and oxygen atoms in total. The number of hydrogen-bond donors (Lipinski definition) is 0. The summed E-state index contributed by atoms with van der Waals surface area (Å²) in [7, 11) is 0. The molecule has 19 heavy (non-hydrogen) atoms. The Hall–Kier alpha value is -1.57. The molecule has 0 saturated heterocycles. The van der Waals surface area contributed by atoms with Crippen molar-refractivity contribution in [1.82, 2.24) is 0 Å². The number of esters is 1. The summed E-state index contributed by atoms with van der Waals surface area (Å²) in [4.78, 5) is 10.9. The molecule has 0 atom stereocenters. The van der Waals surface area contributed by atoms with E-state index in [1.165, 1.54) is 23.6 Å². The molecule has 0 aliphatic rings. The summed E-state index contributed by atoms with van der Waals surface area (Å²) < 4.78 is 5.12. The third-order valence-corrected chi connectivity index (χ3v) is 2.97. The molecule has 2 heteroatoms. The Morgan fingerprint density at radius 1 is 1.21 bits per heavy atom. The van der Waals surface area contributed by atoms with Gasteiger partial charge in [0.25, 0.3) is 0 Å². The van der Waals surface area contributed by atoms with Gasteiger partial charge in [0.2, 0.25) is 0 Å². The van der Waals surface area contributed by atoms with Crippen LogP contribution in [0.2, 0.25) is 0 Å². The van der Waals surface area contributed by atoms with Crippen LogP contribution in [0.4, 0.5) is 0 Å². The van der Waals surface area contributed by atoms with Crippen molar-refractivity contribution in [1.29, 1.82) is 0 Å². The molecule has 1 rings (SSSR count). The third-order valence-electron chi connectivity index (χ3n) is 2.97. The molecule has 0 radical (unpaired) electrons. The minimum atomic E-state index is -0.219. The lowest BCUT2D eigenvalue weighted by molar-refractivity contribution is -0.140. The Kier molecular flexibility index (Phi) is 6.94. The average molecular weight is 260 g/mol. The first-order valence-corrected chi connectivity index (χ1v) is 7.08. The van der Waals surface area contributed by atoms with Crippen molar-refractivity contribution in [3.63, 3.8) is 0 Å². The lowest BCUT2D eigenvalue weighted by atomic mass is 10.00. The Labute approximate surface area is 116 Å². The molecule has 104 valence electrons. The molecule has 0 aliphatic carbocycles. The highest BCUT2D eigenvalue weighted by Crippen LogP contribution is 2.17. The molecule has 0 fully saturated rings. The number of carbonyl (C=O) groups is 1. The van der Waals surface area contributed by atoms with Crippen LogP contribution in [0.1, 0.15) is 51.2 Å². The maximum absolute atomic E-state index is 10.9. The highest BCUT2D eigenvalue weighted by molar-refractivity contribution is 5.66. The molecule has 0 amide bonds. The van der Waals surface area contributed by atoms with Crippen LogP contribution in [0.3, 0.4) is 0 Å². The summed E-state index contributed by atoms with van der Waals surface area (Å²) in [6, 6.07) is 8.44. The molecule has 0 saturated carbocycles. The number of aryl methyl sites for hydroxylation is 1. The van der Waals surface area contributed by atoms with Gasteiger partial charge < -0.3 is 4.74 Å². The van der Waals surface area contributed by atoms with Crippen molar-refractivity contribution in [2.45, 2.75) is 46.5 Å². The van der Waals surface area contributed by atoms with Crippen LogP contribution in [-0.2, 0) is 16.0 Å². The van der Waals surface area contributed by atoms with Crippen molar-refractivity contribution >= 4 is 12.0 Å². The average Bonchev–Trinajstić information content (AvgIpc) is 2.38. The first-order chi connectivity index (χ1) is 9.17. The maximum Gasteiger partial charge on any atom is 0.302 e. The molecule has 1 aromatic rings. The van der Waals surface area contributed by atoms with Crippen molar-refractivity contribution in [2.75, 3.05) is 6.61 Å². The first kappa shape index (κ1) is 15.5. The van der Waals surface area contributed by atoms with Gasteiger partial charge in [-0.3, -0.25) is 4.79 Å². The zero-order chi connectivity index (χ0) is 14.1. The van der Waals surface area contributed by atoms with E-state index in [0.29, 0.717) is 6.61 Å². The van der Waals surface area contributed by atoms with Crippen LogP contribution in [0.15, 0.2) is 29.8 Å². The van der Waals surface area contributed by atoms with E-state index in [2.05, 4.69) is 44.2 Å². The fourth-order valence-electron chi connectivity index (χ4n) is 2.09. The SMILES string of the molecule is CCC/C(=C\c1ccccc1CCC)COC(C)=O. The van der Waals surface area contributed by atoms with E-state index >= 15 is 0 Å². The third kappa shape index (κ3) is 5.73. The molecular weight excluding hydrogens is 236 g/mol. The molecule has 0 unspecified atom stereocenters. The minimum Gasteiger partial charge on any atom is -0.461 e. The molecule has 0 heterocycles. The van der Waals surface area contributed by atoms with Gasteiger partial charge in [-0.15, -0.1) is 0 Å². The van der Waals surface area contributed by atoms with E-state index in [4.69, 9.17) is 4.74 Å². The highest BCUT2D eigenvalue weighted by Gasteiger charge is 2.03. The largest absolute Gasteiger partial charge is 0.461 e. The summed E-state index contributed by atoms with van der Waals surface area (Å²) >= 11 is 0. The number of ether oxygens (including phenoxy) is 1. The van der Waals surface area contributed by atoms with Gasteiger partial charge >= 0.3 is 5.97 Å². The van der Waals surface area contributed by atoms with Crippen LogP contribution in [0.5, 0.6) is 0 Å². The zero-order valence-corrected chi connectivity index (χ0v) is 12.2. The number of hydrogen-bond acceptors (Lipinski definition) is 2. The van der Waals surface area contributed by atoms with Gasteiger partial charge in [-0.1, -0.05) is 57.0 Å². The minimum absolute atomic E-state index is 0.219. The normalized spacial score (nSPS) is 11.4. The lowest BCUT2D eigenvalue weighted by Gasteiger charge is -2.09. The van der Waals surface area contributed by atoms with Gasteiger partial charge in [0.15, 0.2) is 0 Å². The summed E-state index contributed by atoms with van der Waals surface area (Å²) in [6.07, 6.45) is 6.42. The standard InChI is InChI=1S/C17H24O2/c1-4-8-15(13-19-14(3)18)12-17-11-7-6-10-16(17)9-5-2/h6-7,10-12H,4-5,8-9,13H2,1-3H3/b15-12+. The zero-order valence-electron chi connectivity index (χ0n) is 12.2. The van der Waals surface area contributed by atoms with E-state index in [9.17, 15) is 4.79 Å². The van der Waals surface area contributed by atoms with Crippen LogP contribution in [0, 0.1) is 0 Å². The van der Waals surface area contributed by atoms with E-state index in [0.717, 1.165) is 25.7 Å². The van der Waals surface area contributed by atoms with Crippen LogP contribution in [0.25, 0.3) is 6.08 Å². The Morgan fingerprint density at radius 2 is 1.95 bits per heavy atom. The fourth-order valence-corrected chi connectivity index (χ4v) is 2.09. The summed E-state index contributed by atoms with van der Waals surface area (Å²) in [6.45, 7) is 6.18. The van der Waals surface area contributed by atoms with Crippen LogP contribution in [-0.4, -0.2) is 12.6 Å². The summed E-state index contributed by atoms with van der Waals surface area (Å²) in [5.41, 5.74) is 3.79. The lowest BCUT2D eigenvalue weighted by Crippen LogP contribution is -2.03. The number of rotatable bonds is 7. The smallest absolute Gasteiger partial charge is 0.302 e. The van der Waals surface area contributed by atoms with Crippen LogP contribution < -0.4 is 0 Å². The molecule has 0 N–H and O–H groups in total. The molecule has 1 aromatic carbocycles. The van der Waals surface area contributed by atoms with E-state index in [1.807, 2.05) is 0 Å². The highest BCUT2D eigenvalue weighted by atomic mass is 16.5. The van der Waals surface area contributed by atoms with Crippen LogP contribution >= 0.6 is 0 Å². The number of benzene rings is 1. The molecule has 0 aliphatic heterocycles. The summed E-state index contributed by atoms with van der Waals surface area (Å²) in [5.74, 6) is -0.219. The maximum atomic E-state index is 10.9. The van der Waals surface area contributed by atoms with Gasteiger partial charge in [0, 0.05) is 6.92 Å². The van der Waals surface area contributed by atoms with Crippen molar-refractivity contribution in [3.8, 4) is 0 Å². The number of carbonyl (C=O) groups excluding carboxylic acids is 1. The monoisotopic (exact) mass is 260 g/mol. The second-order valence-corrected chi connectivity index (χ2v) is 4.78.